The molecule has 12 nitrogen and oxygen atoms in total. The van der Waals surface area contributed by atoms with Gasteiger partial charge in [0.05, 0.1) is 36.0 Å². The van der Waals surface area contributed by atoms with Gasteiger partial charge in [-0.25, -0.2) is 0 Å². The number of halogens is 1. The van der Waals surface area contributed by atoms with Gasteiger partial charge < -0.3 is 14.5 Å². The van der Waals surface area contributed by atoms with E-state index in [1.54, 1.807) is 18.2 Å². The van der Waals surface area contributed by atoms with E-state index in [0.29, 0.717) is 46.5 Å². The third kappa shape index (κ3) is 10.9. The summed E-state index contributed by atoms with van der Waals surface area (Å²) in [6, 6.07) is 22.5. The van der Waals surface area contributed by atoms with Crippen LogP contribution in [-0.4, -0.2) is 47.7 Å². The number of nitriles is 2. The lowest BCUT2D eigenvalue weighted by atomic mass is 10.2. The molecule has 0 amide bonds. The molecule has 242 valence electrons. The van der Waals surface area contributed by atoms with Crippen molar-refractivity contribution in [2.24, 2.45) is 20.5 Å². The zero-order chi connectivity index (χ0) is 33.3. The van der Waals surface area contributed by atoms with Gasteiger partial charge in [0.25, 0.3) is 0 Å². The molecule has 0 unspecified atom stereocenters. The molecule has 0 spiro atoms. The van der Waals surface area contributed by atoms with E-state index < -0.39 is 6.08 Å². The summed E-state index contributed by atoms with van der Waals surface area (Å²) in [5.41, 5.74) is 2.49. The highest BCUT2D eigenvalue weighted by Gasteiger charge is 2.15. The zero-order valence-electron chi connectivity index (χ0n) is 26.5. The fourth-order valence-corrected chi connectivity index (χ4v) is 5.10. The lowest BCUT2D eigenvalue weighted by Gasteiger charge is -2.24. The highest BCUT2D eigenvalue weighted by Crippen LogP contribution is 2.38. The Morgan fingerprint density at radius 3 is 2.19 bits per heavy atom. The molecule has 0 aliphatic rings. The van der Waals surface area contributed by atoms with Gasteiger partial charge in [0.15, 0.2) is 5.00 Å². The Bertz CT molecular complexity index is 1690. The number of hydrogen-bond donors (Lipinski definition) is 0. The SMILES string of the molecule is CCCCN(CCCC)c1nc(F)nc(OCCN(CCC#N)c2ccc(N=Nc3sc(N=Nc4ccccc4)cc3C#N)cc2)n1. The molecule has 0 fully saturated rings. The van der Waals surface area contributed by atoms with Crippen molar-refractivity contribution >= 4 is 44.3 Å². The molecule has 0 bridgehead atoms. The van der Waals surface area contributed by atoms with Crippen LogP contribution < -0.4 is 14.5 Å². The van der Waals surface area contributed by atoms with E-state index in [4.69, 9.17) is 4.74 Å². The number of ether oxygens (including phenoxy) is 1. The van der Waals surface area contributed by atoms with Crippen molar-refractivity contribution < 1.29 is 9.13 Å². The minimum Gasteiger partial charge on any atom is -0.461 e. The van der Waals surface area contributed by atoms with Crippen LogP contribution in [0.5, 0.6) is 6.01 Å². The molecule has 0 N–H and O–H groups in total. The highest BCUT2D eigenvalue weighted by atomic mass is 32.1. The first-order chi connectivity index (χ1) is 23.0. The Hall–Kier alpha value is -5.34. The summed E-state index contributed by atoms with van der Waals surface area (Å²) in [7, 11) is 0. The second-order valence-corrected chi connectivity index (χ2v) is 11.3. The molecule has 2 aromatic heterocycles. The minimum atomic E-state index is -0.883. The van der Waals surface area contributed by atoms with Crippen molar-refractivity contribution in [2.75, 3.05) is 42.6 Å². The summed E-state index contributed by atoms with van der Waals surface area (Å²) < 4.78 is 20.1. The van der Waals surface area contributed by atoms with Crippen LogP contribution in [0.1, 0.15) is 51.5 Å². The molecule has 14 heteroatoms. The van der Waals surface area contributed by atoms with E-state index in [0.717, 1.165) is 44.5 Å². The molecule has 0 radical (unpaired) electrons. The molecule has 0 atom stereocenters. The number of thiophene rings is 1. The predicted molar refractivity (Wildman–Crippen MR) is 180 cm³/mol. The molecule has 4 rings (SSSR count). The average Bonchev–Trinajstić information content (AvgIpc) is 3.50. The maximum absolute atomic E-state index is 14.3. The number of rotatable bonds is 18. The molecule has 2 aromatic carbocycles. The monoisotopic (exact) mass is 653 g/mol. The van der Waals surface area contributed by atoms with E-state index in [2.05, 4.69) is 61.4 Å². The quantitative estimate of drug-likeness (QED) is 0.0965. The number of benzene rings is 2. The van der Waals surface area contributed by atoms with Crippen molar-refractivity contribution in [3.05, 3.63) is 72.3 Å². The minimum absolute atomic E-state index is 0.0727. The van der Waals surface area contributed by atoms with Gasteiger partial charge in [-0.3, -0.25) is 0 Å². The second kappa shape index (κ2) is 18.6. The normalized spacial score (nSPS) is 11.1. The Kier molecular flexibility index (Phi) is 13.7. The number of hydrogen-bond acceptors (Lipinski definition) is 13. The largest absolute Gasteiger partial charge is 0.461 e. The van der Waals surface area contributed by atoms with Crippen molar-refractivity contribution in [2.45, 2.75) is 46.0 Å². The van der Waals surface area contributed by atoms with E-state index in [1.807, 2.05) is 52.3 Å². The number of aromatic nitrogens is 3. The van der Waals surface area contributed by atoms with Crippen molar-refractivity contribution in [1.29, 1.82) is 10.5 Å². The van der Waals surface area contributed by atoms with Crippen LogP contribution in [0.2, 0.25) is 0 Å². The van der Waals surface area contributed by atoms with Crippen LogP contribution in [-0.2, 0) is 0 Å². The van der Waals surface area contributed by atoms with E-state index in [9.17, 15) is 14.9 Å². The maximum Gasteiger partial charge on any atom is 0.323 e. The number of azo groups is 2. The summed E-state index contributed by atoms with van der Waals surface area (Å²) in [6.07, 6.45) is 3.31. The molecular formula is C33H36FN11OS. The van der Waals surface area contributed by atoms with E-state index in [-0.39, 0.29) is 18.6 Å². The molecule has 4 aromatic rings. The van der Waals surface area contributed by atoms with Crippen LogP contribution in [0.25, 0.3) is 0 Å². The number of anilines is 2. The summed E-state index contributed by atoms with van der Waals surface area (Å²) in [5, 5.41) is 36.7. The highest BCUT2D eigenvalue weighted by molar-refractivity contribution is 7.19. The Balaban J connectivity index is 1.40. The van der Waals surface area contributed by atoms with Crippen molar-refractivity contribution in [3.63, 3.8) is 0 Å². The van der Waals surface area contributed by atoms with Crippen LogP contribution in [0.3, 0.4) is 0 Å². The number of unbranched alkanes of at least 4 members (excludes halogenated alkanes) is 2. The van der Waals surface area contributed by atoms with Crippen molar-refractivity contribution in [1.82, 2.24) is 15.0 Å². The van der Waals surface area contributed by atoms with Gasteiger partial charge in [-0.15, -0.1) is 25.4 Å². The molecule has 0 saturated heterocycles. The zero-order valence-corrected chi connectivity index (χ0v) is 27.3. The van der Waals surface area contributed by atoms with Crippen LogP contribution >= 0.6 is 11.3 Å². The van der Waals surface area contributed by atoms with Crippen molar-refractivity contribution in [3.8, 4) is 18.1 Å². The Labute approximate surface area is 277 Å². The van der Waals surface area contributed by atoms with E-state index >= 15 is 0 Å². The maximum atomic E-state index is 14.3. The van der Waals surface area contributed by atoms with E-state index in [1.165, 1.54) is 11.3 Å². The summed E-state index contributed by atoms with van der Waals surface area (Å²) >= 11 is 1.22. The summed E-state index contributed by atoms with van der Waals surface area (Å²) in [5.74, 6) is 0.276. The van der Waals surface area contributed by atoms with Gasteiger partial charge in [-0.1, -0.05) is 56.2 Å². The van der Waals surface area contributed by atoms with Gasteiger partial charge >= 0.3 is 12.1 Å². The molecule has 47 heavy (non-hydrogen) atoms. The molecule has 0 aliphatic carbocycles. The van der Waals surface area contributed by atoms with Crippen LogP contribution in [0, 0.1) is 28.7 Å². The second-order valence-electron chi connectivity index (χ2n) is 10.3. The topological polar surface area (TPSA) is 151 Å². The standard InChI is InChI=1S/C33H36FN11OS/c1-3-5-18-45(19-6-4-2)32-37-31(34)38-33(39-32)46-22-21-44(20-10-17-35)28-15-13-27(14-16-28)41-43-30-25(24-36)23-29(47-30)42-40-26-11-8-7-9-12-26/h7-9,11-16,23H,3-6,10,18-22H2,1-2H3. The van der Waals surface area contributed by atoms with Gasteiger partial charge in [0.2, 0.25) is 5.95 Å². The summed E-state index contributed by atoms with van der Waals surface area (Å²) in [4.78, 5) is 16.0. The average molecular weight is 654 g/mol. The van der Waals surface area contributed by atoms with Gasteiger partial charge in [0.1, 0.15) is 17.7 Å². The summed E-state index contributed by atoms with van der Waals surface area (Å²) in [6.45, 7) is 6.69. The third-order valence-electron chi connectivity index (χ3n) is 6.82. The fraction of sp³-hybridized carbons (Fsp3) is 0.364. The Morgan fingerprint density at radius 2 is 1.51 bits per heavy atom. The first-order valence-corrected chi connectivity index (χ1v) is 16.3. The van der Waals surface area contributed by atoms with Gasteiger partial charge in [-0.05, 0) is 55.3 Å². The molecule has 0 saturated carbocycles. The first-order valence-electron chi connectivity index (χ1n) is 15.5. The van der Waals surface area contributed by atoms with Gasteiger partial charge in [0, 0.05) is 25.3 Å². The van der Waals surface area contributed by atoms with Gasteiger partial charge in [-0.2, -0.15) is 24.9 Å². The molecular weight excluding hydrogens is 618 g/mol. The third-order valence-corrected chi connectivity index (χ3v) is 7.72. The predicted octanol–water partition coefficient (Wildman–Crippen LogP) is 8.98. The number of nitrogens with zero attached hydrogens (tertiary/aromatic N) is 11. The lowest BCUT2D eigenvalue weighted by molar-refractivity contribution is 0.289. The van der Waals surface area contributed by atoms with Crippen LogP contribution in [0.15, 0.2) is 81.1 Å². The first kappa shape index (κ1) is 34.5. The lowest BCUT2D eigenvalue weighted by Crippen LogP contribution is -2.30. The fourth-order valence-electron chi connectivity index (χ4n) is 4.35. The Morgan fingerprint density at radius 1 is 0.809 bits per heavy atom. The molecule has 2 heterocycles. The smallest absolute Gasteiger partial charge is 0.323 e. The van der Waals surface area contributed by atoms with Crippen LogP contribution in [0.4, 0.5) is 37.4 Å². The molecule has 0 aliphatic heterocycles.